The summed E-state index contributed by atoms with van der Waals surface area (Å²) in [6.45, 7) is 13.3. The second-order valence-corrected chi connectivity index (χ2v) is 7.95. The quantitative estimate of drug-likeness (QED) is 0.882. The minimum Gasteiger partial charge on any atom is -0.338 e. The van der Waals surface area contributed by atoms with Crippen LogP contribution in [-0.4, -0.2) is 22.5 Å². The number of amides is 2. The summed E-state index contributed by atoms with van der Waals surface area (Å²) < 4.78 is 0. The highest BCUT2D eigenvalue weighted by Gasteiger charge is 2.35. The van der Waals surface area contributed by atoms with Crippen LogP contribution in [0.25, 0.3) is 0 Å². The van der Waals surface area contributed by atoms with Crippen molar-refractivity contribution in [2.24, 2.45) is 5.41 Å². The summed E-state index contributed by atoms with van der Waals surface area (Å²) >= 11 is 0. The molecular formula is C17H28N4O. The zero-order valence-corrected chi connectivity index (χ0v) is 14.6. The molecule has 1 heterocycles. The standard InChI is InChI=1S/C17H28N4O/c1-7-18-15(22)21-13-9-17(5,6)8-12-11(13)10-19-14(20-12)16(2,3)4/h10,13H,7-9H2,1-6H3,(H2,18,21,22)/t13-/m1/s1. The van der Waals surface area contributed by atoms with E-state index in [2.05, 4.69) is 50.2 Å². The fourth-order valence-electron chi connectivity index (χ4n) is 2.91. The predicted molar refractivity (Wildman–Crippen MR) is 87.8 cm³/mol. The monoisotopic (exact) mass is 304 g/mol. The summed E-state index contributed by atoms with van der Waals surface area (Å²) in [6.07, 6.45) is 3.71. The Bertz CT molecular complexity index is 560. The van der Waals surface area contributed by atoms with Gasteiger partial charge in [0.1, 0.15) is 5.82 Å². The van der Waals surface area contributed by atoms with Crippen LogP contribution >= 0.6 is 0 Å². The van der Waals surface area contributed by atoms with Gasteiger partial charge in [-0.3, -0.25) is 0 Å². The third-order valence-electron chi connectivity index (χ3n) is 3.99. The molecule has 1 aliphatic carbocycles. The highest BCUT2D eigenvalue weighted by atomic mass is 16.2. The average Bonchev–Trinajstić information content (AvgIpc) is 2.35. The molecule has 1 aliphatic rings. The fraction of sp³-hybridized carbons (Fsp3) is 0.706. The predicted octanol–water partition coefficient (Wildman–Crippen LogP) is 3.11. The first kappa shape index (κ1) is 16.7. The molecule has 2 rings (SSSR count). The molecule has 5 heteroatoms. The zero-order valence-electron chi connectivity index (χ0n) is 14.6. The van der Waals surface area contributed by atoms with E-state index >= 15 is 0 Å². The molecule has 0 saturated heterocycles. The van der Waals surface area contributed by atoms with E-state index in [-0.39, 0.29) is 22.9 Å². The first-order chi connectivity index (χ1) is 10.1. The number of carbonyl (C=O) groups is 1. The van der Waals surface area contributed by atoms with Crippen LogP contribution in [-0.2, 0) is 11.8 Å². The van der Waals surface area contributed by atoms with Gasteiger partial charge in [0.25, 0.3) is 0 Å². The Kier molecular flexibility index (Phi) is 4.45. The Morgan fingerprint density at radius 2 is 2.09 bits per heavy atom. The minimum absolute atomic E-state index is 0.0284. The van der Waals surface area contributed by atoms with Gasteiger partial charge in [0, 0.05) is 29.4 Å². The number of nitrogens with one attached hydrogen (secondary N) is 2. The molecule has 0 spiro atoms. The molecule has 2 amide bonds. The Morgan fingerprint density at radius 1 is 1.41 bits per heavy atom. The minimum atomic E-state index is -0.129. The van der Waals surface area contributed by atoms with Crippen molar-refractivity contribution < 1.29 is 4.79 Å². The molecule has 1 atom stereocenters. The van der Waals surface area contributed by atoms with Gasteiger partial charge in [0.2, 0.25) is 0 Å². The van der Waals surface area contributed by atoms with E-state index in [0.29, 0.717) is 6.54 Å². The van der Waals surface area contributed by atoms with E-state index in [1.54, 1.807) is 0 Å². The normalized spacial score (nSPS) is 20.2. The van der Waals surface area contributed by atoms with Gasteiger partial charge < -0.3 is 10.6 Å². The van der Waals surface area contributed by atoms with Crippen LogP contribution in [0.4, 0.5) is 4.79 Å². The number of hydrogen-bond acceptors (Lipinski definition) is 3. The zero-order chi connectivity index (χ0) is 16.5. The maximum Gasteiger partial charge on any atom is 0.315 e. The first-order valence-electron chi connectivity index (χ1n) is 8.03. The van der Waals surface area contributed by atoms with Crippen LogP contribution in [0, 0.1) is 5.41 Å². The number of aromatic nitrogens is 2. The van der Waals surface area contributed by atoms with Crippen molar-refractivity contribution in [2.75, 3.05) is 6.54 Å². The highest BCUT2D eigenvalue weighted by molar-refractivity contribution is 5.74. The highest BCUT2D eigenvalue weighted by Crippen LogP contribution is 2.40. The molecule has 0 aliphatic heterocycles. The molecule has 1 aromatic rings. The molecule has 0 unspecified atom stereocenters. The van der Waals surface area contributed by atoms with Gasteiger partial charge >= 0.3 is 6.03 Å². The van der Waals surface area contributed by atoms with E-state index in [1.807, 2.05) is 13.1 Å². The summed E-state index contributed by atoms with van der Waals surface area (Å²) in [5.74, 6) is 0.862. The van der Waals surface area contributed by atoms with Gasteiger partial charge in [-0.15, -0.1) is 0 Å². The summed E-state index contributed by atoms with van der Waals surface area (Å²) in [4.78, 5) is 21.2. The number of hydrogen-bond donors (Lipinski definition) is 2. The lowest BCUT2D eigenvalue weighted by Crippen LogP contribution is -2.42. The van der Waals surface area contributed by atoms with Crippen LogP contribution < -0.4 is 10.6 Å². The van der Waals surface area contributed by atoms with Crippen molar-refractivity contribution in [1.29, 1.82) is 0 Å². The van der Waals surface area contributed by atoms with Gasteiger partial charge in [0.15, 0.2) is 0 Å². The van der Waals surface area contributed by atoms with E-state index in [0.717, 1.165) is 29.9 Å². The molecule has 0 radical (unpaired) electrons. The molecule has 22 heavy (non-hydrogen) atoms. The summed E-state index contributed by atoms with van der Waals surface area (Å²) in [5.41, 5.74) is 2.16. The number of nitrogens with zero attached hydrogens (tertiary/aromatic N) is 2. The molecule has 5 nitrogen and oxygen atoms in total. The van der Waals surface area contributed by atoms with Gasteiger partial charge in [-0.05, 0) is 25.2 Å². The summed E-state index contributed by atoms with van der Waals surface area (Å²) in [6, 6.07) is -0.157. The van der Waals surface area contributed by atoms with E-state index in [4.69, 9.17) is 4.98 Å². The van der Waals surface area contributed by atoms with Crippen LogP contribution in [0.5, 0.6) is 0 Å². The van der Waals surface area contributed by atoms with Crippen molar-refractivity contribution in [3.63, 3.8) is 0 Å². The Morgan fingerprint density at radius 3 is 2.68 bits per heavy atom. The van der Waals surface area contributed by atoms with Gasteiger partial charge in [-0.1, -0.05) is 34.6 Å². The second-order valence-electron chi connectivity index (χ2n) is 7.95. The number of urea groups is 1. The smallest absolute Gasteiger partial charge is 0.315 e. The SMILES string of the molecule is CCNC(=O)N[C@@H]1CC(C)(C)Cc2nc(C(C)(C)C)ncc21. The molecule has 2 N–H and O–H groups in total. The fourth-order valence-corrected chi connectivity index (χ4v) is 2.91. The van der Waals surface area contributed by atoms with Crippen molar-refractivity contribution in [3.8, 4) is 0 Å². The van der Waals surface area contributed by atoms with Gasteiger partial charge in [0.05, 0.1) is 6.04 Å². The largest absolute Gasteiger partial charge is 0.338 e. The molecule has 0 fully saturated rings. The van der Waals surface area contributed by atoms with Gasteiger partial charge in [-0.2, -0.15) is 0 Å². The third-order valence-corrected chi connectivity index (χ3v) is 3.99. The molecular weight excluding hydrogens is 276 g/mol. The number of fused-ring (bicyclic) bond motifs is 1. The molecule has 0 aromatic carbocycles. The van der Waals surface area contributed by atoms with Crippen LogP contribution in [0.15, 0.2) is 6.20 Å². The maximum absolute atomic E-state index is 11.9. The number of carbonyl (C=O) groups excluding carboxylic acids is 1. The third kappa shape index (κ3) is 3.76. The van der Waals surface area contributed by atoms with Crippen molar-refractivity contribution in [3.05, 3.63) is 23.3 Å². The van der Waals surface area contributed by atoms with Crippen molar-refractivity contribution >= 4 is 6.03 Å². The van der Waals surface area contributed by atoms with E-state index in [1.165, 1.54) is 0 Å². The van der Waals surface area contributed by atoms with Crippen molar-refractivity contribution in [1.82, 2.24) is 20.6 Å². The lowest BCUT2D eigenvalue weighted by Gasteiger charge is -2.37. The number of rotatable bonds is 2. The van der Waals surface area contributed by atoms with Crippen molar-refractivity contribution in [2.45, 2.75) is 65.8 Å². The summed E-state index contributed by atoms with van der Waals surface area (Å²) in [7, 11) is 0. The van der Waals surface area contributed by atoms with Crippen LogP contribution in [0.2, 0.25) is 0 Å². The lowest BCUT2D eigenvalue weighted by molar-refractivity contribution is 0.220. The molecule has 0 bridgehead atoms. The Balaban J connectivity index is 2.34. The first-order valence-corrected chi connectivity index (χ1v) is 8.03. The van der Waals surface area contributed by atoms with Crippen LogP contribution in [0.3, 0.4) is 0 Å². The maximum atomic E-state index is 11.9. The molecule has 122 valence electrons. The Labute approximate surface area is 133 Å². The topological polar surface area (TPSA) is 66.9 Å². The Hall–Kier alpha value is -1.65. The average molecular weight is 304 g/mol. The van der Waals surface area contributed by atoms with E-state index in [9.17, 15) is 4.79 Å². The molecule has 0 saturated carbocycles. The van der Waals surface area contributed by atoms with Crippen LogP contribution in [0.1, 0.15) is 71.1 Å². The van der Waals surface area contributed by atoms with E-state index < -0.39 is 0 Å². The summed E-state index contributed by atoms with van der Waals surface area (Å²) in [5, 5.41) is 5.86. The lowest BCUT2D eigenvalue weighted by atomic mass is 9.74. The molecule has 1 aromatic heterocycles. The second kappa shape index (κ2) is 5.86. The van der Waals surface area contributed by atoms with Gasteiger partial charge in [-0.25, -0.2) is 14.8 Å².